The van der Waals surface area contributed by atoms with E-state index in [0.29, 0.717) is 33.0 Å². The van der Waals surface area contributed by atoms with E-state index in [4.69, 9.17) is 14.3 Å². The summed E-state index contributed by atoms with van der Waals surface area (Å²) in [4.78, 5) is 31.5. The Morgan fingerprint density at radius 1 is 1.00 bits per heavy atom. The van der Waals surface area contributed by atoms with Crippen LogP contribution in [0.2, 0.25) is 0 Å². The van der Waals surface area contributed by atoms with E-state index in [0.717, 1.165) is 18.2 Å². The second-order valence-corrected chi connectivity index (χ2v) is 12.9. The van der Waals surface area contributed by atoms with Gasteiger partial charge in [0, 0.05) is 64.8 Å². The molecule has 272 valence electrons. The van der Waals surface area contributed by atoms with Crippen LogP contribution in [-0.2, 0) is 34.5 Å². The molecule has 0 bridgehead atoms. The van der Waals surface area contributed by atoms with Crippen LogP contribution in [0.4, 0.5) is 22.0 Å². The van der Waals surface area contributed by atoms with Crippen LogP contribution in [0.3, 0.4) is 0 Å². The fraction of sp³-hybridized carbons (Fsp3) is 0.300. The number of para-hydroxylation sites is 1. The maximum atomic E-state index is 15.0. The van der Waals surface area contributed by atoms with Crippen molar-refractivity contribution >= 4 is 28.6 Å². The SMILES string of the molecule is [2H]c1c([2H])c([2H])c2c(c1[2H])c(=O)c([2H])c(SCc1cccc(F)c1F)n2C([2H])([2H])C(=O)N(Cc1ccc(-c2ccc(C(F)(F)F)cc2)cc1)C1CCN(C([2H])([2H])COC)CC1. The van der Waals surface area contributed by atoms with Gasteiger partial charge in [-0.2, -0.15) is 13.2 Å². The van der Waals surface area contributed by atoms with Crippen molar-refractivity contribution in [1.29, 1.82) is 0 Å². The molecule has 0 radical (unpaired) electrons. The number of nitrogens with zero attached hydrogens (tertiary/aromatic N) is 3. The van der Waals surface area contributed by atoms with Gasteiger partial charge in [0.1, 0.15) is 6.50 Å². The highest BCUT2D eigenvalue weighted by atomic mass is 32.2. The molecule has 0 saturated carbocycles. The van der Waals surface area contributed by atoms with Gasteiger partial charge in [-0.3, -0.25) is 9.59 Å². The van der Waals surface area contributed by atoms with Crippen LogP contribution in [0, 0.1) is 11.6 Å². The Balaban J connectivity index is 1.47. The number of ether oxygens (including phenoxy) is 1. The quantitative estimate of drug-likeness (QED) is 0.0950. The number of fused-ring (bicyclic) bond motifs is 1. The molecule has 0 unspecified atom stereocenters. The van der Waals surface area contributed by atoms with Gasteiger partial charge in [-0.1, -0.05) is 60.6 Å². The summed E-state index contributed by atoms with van der Waals surface area (Å²) in [6.45, 7) is -5.55. The lowest BCUT2D eigenvalue weighted by Gasteiger charge is -2.39. The number of hydrogen-bond acceptors (Lipinski definition) is 5. The molecule has 0 aliphatic carbocycles. The Hall–Kier alpha value is -4.52. The van der Waals surface area contributed by atoms with E-state index in [1.807, 2.05) is 0 Å². The highest BCUT2D eigenvalue weighted by Gasteiger charge is 2.31. The Bertz CT molecular complexity index is 2520. The maximum absolute atomic E-state index is 15.0. The number of amides is 1. The molecule has 5 aromatic rings. The Kier molecular flexibility index (Phi) is 8.58. The largest absolute Gasteiger partial charge is 0.416 e. The Morgan fingerprint density at radius 3 is 2.35 bits per heavy atom. The van der Waals surface area contributed by atoms with Gasteiger partial charge in [-0.05, 0) is 59.8 Å². The van der Waals surface area contributed by atoms with Crippen molar-refractivity contribution in [3.05, 3.63) is 135 Å². The van der Waals surface area contributed by atoms with Crippen LogP contribution in [0.15, 0.2) is 107 Å². The third-order valence-electron chi connectivity index (χ3n) is 8.60. The zero-order chi connectivity index (χ0) is 44.8. The van der Waals surface area contributed by atoms with Gasteiger partial charge in [0.25, 0.3) is 0 Å². The summed E-state index contributed by atoms with van der Waals surface area (Å²) in [5, 5.41) is -1.37. The lowest BCUT2D eigenvalue weighted by atomic mass is 10.00. The summed E-state index contributed by atoms with van der Waals surface area (Å²) < 4.78 is 153. The average molecular weight is 745 g/mol. The first-order valence-corrected chi connectivity index (χ1v) is 17.1. The first-order valence-electron chi connectivity index (χ1n) is 20.6. The molecule has 1 amide bonds. The monoisotopic (exact) mass is 744 g/mol. The number of piperidine rings is 1. The molecule has 2 heterocycles. The van der Waals surface area contributed by atoms with Crippen molar-refractivity contribution in [3.8, 4) is 11.1 Å². The molecule has 6 rings (SSSR count). The van der Waals surface area contributed by atoms with E-state index in [9.17, 15) is 29.5 Å². The van der Waals surface area contributed by atoms with Gasteiger partial charge >= 0.3 is 6.18 Å². The van der Waals surface area contributed by atoms with E-state index in [1.165, 1.54) is 41.2 Å². The van der Waals surface area contributed by atoms with Gasteiger partial charge < -0.3 is 19.1 Å². The third kappa shape index (κ3) is 8.74. The predicted octanol–water partition coefficient (Wildman–Crippen LogP) is 8.40. The molecule has 6 nitrogen and oxygen atoms in total. The van der Waals surface area contributed by atoms with E-state index in [1.54, 1.807) is 24.3 Å². The van der Waals surface area contributed by atoms with Crippen LogP contribution < -0.4 is 5.43 Å². The van der Waals surface area contributed by atoms with Crippen molar-refractivity contribution < 1.29 is 43.8 Å². The molecule has 1 fully saturated rings. The van der Waals surface area contributed by atoms with Gasteiger partial charge in [0.15, 0.2) is 17.1 Å². The number of thioether (sulfide) groups is 1. The van der Waals surface area contributed by atoms with E-state index < -0.39 is 106 Å². The number of carbonyl (C=O) groups is 1. The van der Waals surface area contributed by atoms with Gasteiger partial charge in [-0.15, -0.1) is 11.8 Å². The minimum atomic E-state index is -4.53. The molecule has 1 aliphatic heterocycles. The highest BCUT2D eigenvalue weighted by Crippen LogP contribution is 2.32. The second kappa shape index (κ2) is 16.4. The van der Waals surface area contributed by atoms with Crippen LogP contribution in [-0.4, -0.2) is 59.6 Å². The number of benzene rings is 4. The van der Waals surface area contributed by atoms with Gasteiger partial charge in [-0.25, -0.2) is 8.78 Å². The van der Waals surface area contributed by atoms with Crippen molar-refractivity contribution in [1.82, 2.24) is 14.4 Å². The maximum Gasteiger partial charge on any atom is 0.416 e. The minimum absolute atomic E-state index is 0.104. The molecular formula is C40H38F5N3O3S. The molecule has 1 aromatic heterocycles. The number of rotatable bonds is 12. The summed E-state index contributed by atoms with van der Waals surface area (Å²) >= 11 is 0.491. The number of carbonyl (C=O) groups excluding carboxylic acids is 1. The number of methoxy groups -OCH3 is 1. The number of alkyl halides is 3. The fourth-order valence-corrected chi connectivity index (χ4v) is 6.78. The molecule has 1 saturated heterocycles. The second-order valence-electron chi connectivity index (χ2n) is 11.9. The summed E-state index contributed by atoms with van der Waals surface area (Å²) in [5.41, 5.74) is -1.59. The van der Waals surface area contributed by atoms with Crippen LogP contribution in [0.25, 0.3) is 22.0 Å². The molecule has 0 atom stereocenters. The van der Waals surface area contributed by atoms with E-state index in [-0.39, 0.29) is 44.6 Å². The van der Waals surface area contributed by atoms with E-state index >= 15 is 4.79 Å². The number of pyridine rings is 1. The van der Waals surface area contributed by atoms with Crippen LogP contribution in [0.1, 0.15) is 41.9 Å². The molecule has 12 heteroatoms. The minimum Gasteiger partial charge on any atom is -0.383 e. The first-order chi connectivity index (χ1) is 28.6. The van der Waals surface area contributed by atoms with Crippen molar-refractivity contribution in [2.45, 2.75) is 48.9 Å². The standard InChI is InChI=1S/C40H38F5N3O3S/c1-51-22-21-46-19-17-32(18-20-46)47(24-27-9-11-28(12-10-27)29-13-15-31(16-14-29)40(43,44)45)37(50)25-48-35-8-3-2-6-33(35)36(49)23-38(48)52-26-30-5-4-7-34(41)39(30)42/h2-16,23,32H,17-22,24-26H2,1H3/i2D,3D,6D,8D,21D2,23D,25D2. The molecular weight excluding hydrogens is 698 g/mol. The Morgan fingerprint density at radius 2 is 1.67 bits per heavy atom. The third-order valence-corrected chi connectivity index (χ3v) is 9.61. The lowest BCUT2D eigenvalue weighted by molar-refractivity contribution is -0.137. The summed E-state index contributed by atoms with van der Waals surface area (Å²) in [6.07, 6.45) is -4.28. The number of hydrogen-bond donors (Lipinski definition) is 0. The molecule has 4 aromatic carbocycles. The number of likely N-dealkylation sites (tertiary alicyclic amines) is 1. The smallest absolute Gasteiger partial charge is 0.383 e. The topological polar surface area (TPSA) is 54.8 Å². The van der Waals surface area contributed by atoms with Crippen molar-refractivity contribution in [3.63, 3.8) is 0 Å². The zero-order valence-electron chi connectivity index (χ0n) is 36.7. The van der Waals surface area contributed by atoms with Crippen LogP contribution in [0.5, 0.6) is 0 Å². The summed E-state index contributed by atoms with van der Waals surface area (Å²) in [5.74, 6) is -4.22. The molecule has 0 N–H and O–H groups in total. The van der Waals surface area contributed by atoms with Gasteiger partial charge in [0.2, 0.25) is 5.91 Å². The average Bonchev–Trinajstić information content (AvgIpc) is 3.22. The summed E-state index contributed by atoms with van der Waals surface area (Å²) in [7, 11) is 1.35. The van der Waals surface area contributed by atoms with Crippen LogP contribution >= 0.6 is 11.8 Å². The molecule has 0 spiro atoms. The van der Waals surface area contributed by atoms with Crippen molar-refractivity contribution in [2.75, 3.05) is 33.3 Å². The first kappa shape index (κ1) is 27.1. The summed E-state index contributed by atoms with van der Waals surface area (Å²) in [6, 6.07) is 8.96. The van der Waals surface area contributed by atoms with Crippen molar-refractivity contribution in [2.24, 2.45) is 0 Å². The molecule has 1 aliphatic rings. The van der Waals surface area contributed by atoms with Gasteiger partial charge in [0.05, 0.1) is 32.3 Å². The molecule has 52 heavy (non-hydrogen) atoms. The normalized spacial score (nSPS) is 17.2. The zero-order valence-corrected chi connectivity index (χ0v) is 28.6. The lowest BCUT2D eigenvalue weighted by Crippen LogP contribution is -2.48. The fourth-order valence-electron chi connectivity index (χ4n) is 5.84. The highest BCUT2D eigenvalue weighted by molar-refractivity contribution is 7.98. The number of aromatic nitrogens is 1. The van der Waals surface area contributed by atoms with E-state index in [2.05, 4.69) is 0 Å². The predicted molar refractivity (Wildman–Crippen MR) is 193 cm³/mol. The number of halogens is 5. The Labute approximate surface area is 315 Å².